The minimum atomic E-state index is -0.348. The molecule has 4 aromatic rings. The van der Waals surface area contributed by atoms with E-state index in [0.29, 0.717) is 24.5 Å². The molecule has 10 heteroatoms. The summed E-state index contributed by atoms with van der Waals surface area (Å²) < 4.78 is 1.95. The Hall–Kier alpha value is -4.86. The number of benzene rings is 2. The van der Waals surface area contributed by atoms with Gasteiger partial charge in [0.05, 0.1) is 6.54 Å². The zero-order chi connectivity index (χ0) is 29.3. The van der Waals surface area contributed by atoms with Gasteiger partial charge in [0.15, 0.2) is 0 Å². The van der Waals surface area contributed by atoms with Crippen molar-refractivity contribution in [1.82, 2.24) is 41.0 Å². The van der Waals surface area contributed by atoms with E-state index in [-0.39, 0.29) is 24.3 Å². The SMILES string of the molecule is CCCc1cc(C(=O)N[C@@H](CC(=O)NC)Cc2ccccc2)nn1CC1=CC=C(c2ccccc2-c2nn[nH]n2)CC1. The van der Waals surface area contributed by atoms with Gasteiger partial charge in [-0.25, -0.2) is 0 Å². The van der Waals surface area contributed by atoms with Crippen LogP contribution in [0.2, 0.25) is 0 Å². The zero-order valence-corrected chi connectivity index (χ0v) is 24.0. The van der Waals surface area contributed by atoms with Crippen molar-refractivity contribution in [3.05, 3.63) is 101 Å². The van der Waals surface area contributed by atoms with E-state index in [1.54, 1.807) is 7.05 Å². The van der Waals surface area contributed by atoms with Gasteiger partial charge in [0.2, 0.25) is 11.7 Å². The number of hydrogen-bond donors (Lipinski definition) is 3. The number of nitrogens with one attached hydrogen (secondary N) is 3. The Morgan fingerprint density at radius 1 is 1.02 bits per heavy atom. The van der Waals surface area contributed by atoms with Crippen molar-refractivity contribution in [3.63, 3.8) is 0 Å². The summed E-state index contributed by atoms with van der Waals surface area (Å²) in [6, 6.07) is 19.5. The quantitative estimate of drug-likeness (QED) is 0.235. The van der Waals surface area contributed by atoms with Crippen molar-refractivity contribution < 1.29 is 9.59 Å². The standard InChI is InChI=1S/C32H36N8O2/c1-3-9-26-20-29(32(42)34-25(19-30(41)33-2)18-22-10-5-4-6-11-22)37-40(26)21-23-14-16-24(17-15-23)27-12-7-8-13-28(27)31-35-38-39-36-31/h4-8,10-14,16,20,25H,3,9,15,17-19,21H2,1-2H3,(H,33,41)(H,34,42)(H,35,36,38,39)/t25-/m1/s1. The van der Waals surface area contributed by atoms with Crippen LogP contribution >= 0.6 is 0 Å². The van der Waals surface area contributed by atoms with Gasteiger partial charge in [0.25, 0.3) is 5.91 Å². The van der Waals surface area contributed by atoms with E-state index in [4.69, 9.17) is 5.10 Å². The highest BCUT2D eigenvalue weighted by Crippen LogP contribution is 2.33. The Balaban J connectivity index is 1.32. The molecule has 0 bridgehead atoms. The number of amides is 2. The summed E-state index contributed by atoms with van der Waals surface area (Å²) in [6.45, 7) is 2.73. The molecule has 2 heterocycles. The fourth-order valence-corrected chi connectivity index (χ4v) is 5.28. The molecule has 0 radical (unpaired) electrons. The van der Waals surface area contributed by atoms with Crippen LogP contribution in [0, 0.1) is 0 Å². The van der Waals surface area contributed by atoms with Gasteiger partial charge >= 0.3 is 0 Å². The second-order valence-electron chi connectivity index (χ2n) is 10.5. The summed E-state index contributed by atoms with van der Waals surface area (Å²) in [5.41, 5.74) is 6.95. The molecule has 1 aliphatic rings. The van der Waals surface area contributed by atoms with Gasteiger partial charge in [-0.2, -0.15) is 10.3 Å². The summed E-state index contributed by atoms with van der Waals surface area (Å²) in [7, 11) is 1.60. The lowest BCUT2D eigenvalue weighted by Gasteiger charge is -2.18. The molecule has 42 heavy (non-hydrogen) atoms. The zero-order valence-electron chi connectivity index (χ0n) is 24.0. The third-order valence-electron chi connectivity index (χ3n) is 7.42. The average molecular weight is 565 g/mol. The largest absolute Gasteiger partial charge is 0.359 e. The van der Waals surface area contributed by atoms with Crippen molar-refractivity contribution in [2.75, 3.05) is 7.05 Å². The maximum atomic E-state index is 13.3. The van der Waals surface area contributed by atoms with Crippen LogP contribution in [0.25, 0.3) is 17.0 Å². The second kappa shape index (κ2) is 13.7. The lowest BCUT2D eigenvalue weighted by atomic mass is 9.90. The first-order valence-electron chi connectivity index (χ1n) is 14.4. The highest BCUT2D eigenvalue weighted by Gasteiger charge is 2.21. The first-order valence-corrected chi connectivity index (χ1v) is 14.4. The third kappa shape index (κ3) is 7.06. The van der Waals surface area contributed by atoms with Gasteiger partial charge in [-0.15, -0.1) is 10.2 Å². The minimum absolute atomic E-state index is 0.120. The monoisotopic (exact) mass is 564 g/mol. The highest BCUT2D eigenvalue weighted by molar-refractivity contribution is 5.93. The summed E-state index contributed by atoms with van der Waals surface area (Å²) in [6.07, 6.45) is 8.57. The Labute approximate surface area is 245 Å². The molecule has 2 amide bonds. The van der Waals surface area contributed by atoms with Gasteiger partial charge in [-0.05, 0) is 59.2 Å². The normalized spacial score (nSPS) is 13.7. The number of aryl methyl sites for hydroxylation is 1. The van der Waals surface area contributed by atoms with Crippen LogP contribution in [0.1, 0.15) is 59.9 Å². The molecule has 2 aromatic heterocycles. The lowest BCUT2D eigenvalue weighted by molar-refractivity contribution is -0.121. The molecular weight excluding hydrogens is 528 g/mol. The van der Waals surface area contributed by atoms with Crippen LogP contribution in [0.15, 0.2) is 78.4 Å². The number of hydrogen-bond acceptors (Lipinski definition) is 6. The summed E-state index contributed by atoms with van der Waals surface area (Å²) in [5, 5.41) is 25.0. The summed E-state index contributed by atoms with van der Waals surface area (Å²) in [5.74, 6) is 0.188. The number of allylic oxidation sites excluding steroid dienone is 4. The smallest absolute Gasteiger partial charge is 0.272 e. The molecule has 0 unspecified atom stereocenters. The number of carbonyl (C=O) groups is 2. The summed E-state index contributed by atoms with van der Waals surface area (Å²) >= 11 is 0. The van der Waals surface area contributed by atoms with Gasteiger partial charge in [-0.1, -0.05) is 80.1 Å². The van der Waals surface area contributed by atoms with Crippen molar-refractivity contribution in [1.29, 1.82) is 0 Å². The fraction of sp³-hybridized carbons (Fsp3) is 0.312. The van der Waals surface area contributed by atoms with Crippen LogP contribution in [-0.4, -0.2) is 55.3 Å². The van der Waals surface area contributed by atoms with E-state index in [0.717, 1.165) is 48.1 Å². The molecule has 0 spiro atoms. The number of aromatic nitrogens is 6. The predicted molar refractivity (Wildman–Crippen MR) is 161 cm³/mol. The van der Waals surface area contributed by atoms with E-state index in [2.05, 4.69) is 56.4 Å². The maximum absolute atomic E-state index is 13.3. The molecule has 216 valence electrons. The third-order valence-corrected chi connectivity index (χ3v) is 7.42. The minimum Gasteiger partial charge on any atom is -0.359 e. The molecule has 0 aliphatic heterocycles. The van der Waals surface area contributed by atoms with Crippen LogP contribution in [0.3, 0.4) is 0 Å². The number of nitrogens with zero attached hydrogens (tertiary/aromatic N) is 5. The Kier molecular flexibility index (Phi) is 9.33. The fourth-order valence-electron chi connectivity index (χ4n) is 5.28. The Morgan fingerprint density at radius 3 is 2.50 bits per heavy atom. The molecular formula is C32H36N8O2. The van der Waals surface area contributed by atoms with Crippen molar-refractivity contribution in [2.45, 2.75) is 58.0 Å². The van der Waals surface area contributed by atoms with Gasteiger partial charge in [0.1, 0.15) is 5.69 Å². The van der Waals surface area contributed by atoms with Crippen LogP contribution < -0.4 is 10.6 Å². The maximum Gasteiger partial charge on any atom is 0.272 e. The van der Waals surface area contributed by atoms with Gasteiger partial charge in [-0.3, -0.25) is 14.3 Å². The number of rotatable bonds is 12. The first kappa shape index (κ1) is 28.7. The molecule has 10 nitrogen and oxygen atoms in total. The van der Waals surface area contributed by atoms with Crippen molar-refractivity contribution in [2.24, 2.45) is 0 Å². The number of aromatic amines is 1. The molecule has 0 saturated heterocycles. The van der Waals surface area contributed by atoms with Crippen molar-refractivity contribution >= 4 is 17.4 Å². The molecule has 1 aliphatic carbocycles. The summed E-state index contributed by atoms with van der Waals surface area (Å²) in [4.78, 5) is 25.5. The first-order chi connectivity index (χ1) is 20.5. The van der Waals surface area contributed by atoms with Crippen LogP contribution in [0.5, 0.6) is 0 Å². The lowest BCUT2D eigenvalue weighted by Crippen LogP contribution is -2.40. The van der Waals surface area contributed by atoms with E-state index in [9.17, 15) is 9.59 Å². The molecule has 5 rings (SSSR count). The van der Waals surface area contributed by atoms with E-state index < -0.39 is 0 Å². The Bertz CT molecular complexity index is 1570. The van der Waals surface area contributed by atoms with Crippen LogP contribution in [-0.2, 0) is 24.2 Å². The molecule has 0 saturated carbocycles. The number of tetrazole rings is 1. The van der Waals surface area contributed by atoms with Crippen molar-refractivity contribution in [3.8, 4) is 11.4 Å². The van der Waals surface area contributed by atoms with E-state index in [1.165, 1.54) is 11.1 Å². The van der Waals surface area contributed by atoms with Crippen LogP contribution in [0.4, 0.5) is 0 Å². The number of carbonyl (C=O) groups excluding carboxylic acids is 2. The molecule has 0 fully saturated rings. The topological polar surface area (TPSA) is 130 Å². The highest BCUT2D eigenvalue weighted by atomic mass is 16.2. The van der Waals surface area contributed by atoms with E-state index in [1.807, 2.05) is 59.3 Å². The number of H-pyrrole nitrogens is 1. The van der Waals surface area contributed by atoms with E-state index >= 15 is 0 Å². The second-order valence-corrected chi connectivity index (χ2v) is 10.5. The Morgan fingerprint density at radius 2 is 1.81 bits per heavy atom. The van der Waals surface area contributed by atoms with Gasteiger partial charge in [0, 0.05) is 30.8 Å². The molecule has 2 aromatic carbocycles. The predicted octanol–water partition coefficient (Wildman–Crippen LogP) is 4.30. The molecule has 3 N–H and O–H groups in total. The van der Waals surface area contributed by atoms with Gasteiger partial charge < -0.3 is 10.6 Å². The average Bonchev–Trinajstić information content (AvgIpc) is 3.69. The molecule has 1 atom stereocenters.